The summed E-state index contributed by atoms with van der Waals surface area (Å²) >= 11 is 0. The number of furan rings is 1. The summed E-state index contributed by atoms with van der Waals surface area (Å²) in [5.74, 6) is 1.65. The van der Waals surface area contributed by atoms with Crippen LogP contribution in [-0.2, 0) is 22.4 Å². The number of carbonyl (C=O) groups excluding carboxylic acids is 2. The Kier molecular flexibility index (Phi) is 10.0. The molecule has 2 aromatic carbocycles. The first-order valence-electron chi connectivity index (χ1n) is 14.4. The van der Waals surface area contributed by atoms with Crippen LogP contribution in [0.2, 0.25) is 0 Å². The fourth-order valence-corrected chi connectivity index (χ4v) is 5.64. The first-order chi connectivity index (χ1) is 20.6. The van der Waals surface area contributed by atoms with Gasteiger partial charge >= 0.3 is 0 Å². The minimum atomic E-state index is -0.675. The van der Waals surface area contributed by atoms with Gasteiger partial charge in [0.1, 0.15) is 11.8 Å². The molecule has 0 bridgehead atoms. The van der Waals surface area contributed by atoms with Crippen molar-refractivity contribution < 1.29 is 28.2 Å². The van der Waals surface area contributed by atoms with Crippen molar-refractivity contribution in [2.75, 3.05) is 26.6 Å². The van der Waals surface area contributed by atoms with Crippen molar-refractivity contribution in [3.05, 3.63) is 69.8 Å². The van der Waals surface area contributed by atoms with Crippen molar-refractivity contribution >= 4 is 17.5 Å². The molecule has 230 valence electrons. The molecule has 0 fully saturated rings. The zero-order valence-electron chi connectivity index (χ0n) is 25.8. The molecule has 1 heterocycles. The first-order valence-corrected chi connectivity index (χ1v) is 14.4. The summed E-state index contributed by atoms with van der Waals surface area (Å²) < 4.78 is 22.5. The maximum absolute atomic E-state index is 13.7. The summed E-state index contributed by atoms with van der Waals surface area (Å²) in [6.07, 6.45) is 3.30. The standard InChI is InChI=1S/C33H41N3O7/c1-18(2)30(33(39)34-19(3)15-22-9-8-14-43-22)36-26-13-11-23-24(17-27(26)38)25(35-20(4)37)12-10-21-16-28(40-5)31(41-6)32(42-7)29(21)23/h8-9,11,13-14,16-19,25,30H,10,12,15H2,1-7H3,(H,34,39)(H,35,37)(H,36,38)/t19?,25-,30-/m0/s1. The van der Waals surface area contributed by atoms with E-state index >= 15 is 0 Å². The Hall–Kier alpha value is -4.47. The summed E-state index contributed by atoms with van der Waals surface area (Å²) in [7, 11) is 4.66. The molecule has 3 N–H and O–H groups in total. The van der Waals surface area contributed by atoms with Gasteiger partial charge in [0.05, 0.1) is 39.3 Å². The molecule has 10 nitrogen and oxygen atoms in total. The highest BCUT2D eigenvalue weighted by atomic mass is 16.5. The van der Waals surface area contributed by atoms with Crippen LogP contribution in [0.1, 0.15) is 57.0 Å². The zero-order chi connectivity index (χ0) is 31.3. The van der Waals surface area contributed by atoms with Crippen LogP contribution in [-0.4, -0.2) is 45.2 Å². The van der Waals surface area contributed by atoms with Crippen molar-refractivity contribution in [2.45, 2.75) is 65.1 Å². The molecule has 2 amide bonds. The van der Waals surface area contributed by atoms with Crippen LogP contribution in [0.4, 0.5) is 5.69 Å². The van der Waals surface area contributed by atoms with Gasteiger partial charge in [-0.05, 0) is 72.7 Å². The number of nitrogens with one attached hydrogen (secondary N) is 3. The molecule has 0 saturated heterocycles. The molecule has 43 heavy (non-hydrogen) atoms. The third-order valence-corrected chi connectivity index (χ3v) is 7.65. The van der Waals surface area contributed by atoms with E-state index in [1.807, 2.05) is 45.0 Å². The van der Waals surface area contributed by atoms with Crippen LogP contribution in [0.5, 0.6) is 17.2 Å². The van der Waals surface area contributed by atoms with Crippen LogP contribution in [0.3, 0.4) is 0 Å². The fourth-order valence-electron chi connectivity index (χ4n) is 5.64. The van der Waals surface area contributed by atoms with Gasteiger partial charge in [-0.15, -0.1) is 0 Å². The lowest BCUT2D eigenvalue weighted by Gasteiger charge is -2.24. The average molecular weight is 592 g/mol. The third-order valence-electron chi connectivity index (χ3n) is 7.65. The Labute approximate surface area is 252 Å². The van der Waals surface area contributed by atoms with Crippen molar-refractivity contribution in [3.8, 4) is 28.4 Å². The molecule has 4 rings (SSSR count). The van der Waals surface area contributed by atoms with Crippen LogP contribution < -0.4 is 35.6 Å². The monoisotopic (exact) mass is 591 g/mol. The predicted molar refractivity (Wildman–Crippen MR) is 165 cm³/mol. The lowest BCUT2D eigenvalue weighted by Crippen LogP contribution is -2.47. The second-order valence-corrected chi connectivity index (χ2v) is 11.2. The molecule has 1 unspecified atom stereocenters. The van der Waals surface area contributed by atoms with E-state index in [0.717, 1.165) is 16.9 Å². The van der Waals surface area contributed by atoms with Gasteiger partial charge in [-0.3, -0.25) is 14.4 Å². The number of hydrogen-bond acceptors (Lipinski definition) is 8. The van der Waals surface area contributed by atoms with Crippen molar-refractivity contribution in [2.24, 2.45) is 5.92 Å². The lowest BCUT2D eigenvalue weighted by molar-refractivity contribution is -0.123. The minimum Gasteiger partial charge on any atom is -0.493 e. The van der Waals surface area contributed by atoms with E-state index in [1.165, 1.54) is 6.92 Å². The van der Waals surface area contributed by atoms with Gasteiger partial charge in [0.25, 0.3) is 0 Å². The highest BCUT2D eigenvalue weighted by Crippen LogP contribution is 2.50. The van der Waals surface area contributed by atoms with Gasteiger partial charge in [0.2, 0.25) is 23.0 Å². The quantitative estimate of drug-likeness (QED) is 0.294. The molecule has 0 radical (unpaired) electrons. The van der Waals surface area contributed by atoms with E-state index in [1.54, 1.807) is 39.7 Å². The molecular weight excluding hydrogens is 550 g/mol. The third kappa shape index (κ3) is 6.96. The Morgan fingerprint density at radius 1 is 1.02 bits per heavy atom. The van der Waals surface area contributed by atoms with Gasteiger partial charge < -0.3 is 34.6 Å². The minimum absolute atomic E-state index is 0.122. The molecule has 3 atom stereocenters. The van der Waals surface area contributed by atoms with Gasteiger partial charge in [-0.1, -0.05) is 19.9 Å². The number of benzene rings is 1. The topological polar surface area (TPSA) is 128 Å². The normalized spacial score (nSPS) is 15.3. The van der Waals surface area contributed by atoms with Crippen molar-refractivity contribution in [3.63, 3.8) is 0 Å². The SMILES string of the molecule is COc1cc2c(c(OC)c1OC)-c1ccc(N[C@H](C(=O)NC(C)Cc3ccco3)C(C)C)c(=O)cc1[C@@H](NC(C)=O)CC2. The van der Waals surface area contributed by atoms with E-state index in [2.05, 4.69) is 16.0 Å². The van der Waals surface area contributed by atoms with Crippen LogP contribution in [0.15, 0.2) is 51.9 Å². The number of rotatable bonds is 11. The molecule has 1 aliphatic rings. The maximum Gasteiger partial charge on any atom is 0.242 e. The highest BCUT2D eigenvalue weighted by molar-refractivity contribution is 5.86. The van der Waals surface area contributed by atoms with Crippen molar-refractivity contribution in [1.29, 1.82) is 0 Å². The highest BCUT2D eigenvalue weighted by Gasteiger charge is 2.30. The van der Waals surface area contributed by atoms with E-state index in [4.69, 9.17) is 18.6 Å². The van der Waals surface area contributed by atoms with E-state index in [0.29, 0.717) is 47.6 Å². The second kappa shape index (κ2) is 13.7. The fraction of sp³-hybridized carbons (Fsp3) is 0.424. The number of ether oxygens (including phenoxy) is 3. The first kappa shape index (κ1) is 31.5. The van der Waals surface area contributed by atoms with Crippen LogP contribution in [0.25, 0.3) is 11.1 Å². The van der Waals surface area contributed by atoms with Gasteiger partial charge in [-0.25, -0.2) is 0 Å². The molecule has 0 saturated carbocycles. The summed E-state index contributed by atoms with van der Waals surface area (Å²) in [6, 6.07) is 9.37. The second-order valence-electron chi connectivity index (χ2n) is 11.2. The summed E-state index contributed by atoms with van der Waals surface area (Å²) in [6.45, 7) is 7.21. The van der Waals surface area contributed by atoms with Crippen LogP contribution >= 0.6 is 0 Å². The average Bonchev–Trinajstić information content (AvgIpc) is 3.36. The number of hydrogen-bond donors (Lipinski definition) is 3. The van der Waals surface area contributed by atoms with Crippen molar-refractivity contribution in [1.82, 2.24) is 10.6 Å². The van der Waals surface area contributed by atoms with E-state index in [9.17, 15) is 14.4 Å². The number of aryl methyl sites for hydroxylation is 1. The largest absolute Gasteiger partial charge is 0.493 e. The number of anilines is 1. The Balaban J connectivity index is 1.78. The zero-order valence-corrected chi connectivity index (χ0v) is 25.8. The Morgan fingerprint density at radius 2 is 1.77 bits per heavy atom. The summed E-state index contributed by atoms with van der Waals surface area (Å²) in [5, 5.41) is 9.26. The van der Waals surface area contributed by atoms with Gasteiger partial charge in [0.15, 0.2) is 11.5 Å². The molecular formula is C33H41N3O7. The predicted octanol–water partition coefficient (Wildman–Crippen LogP) is 4.64. The molecule has 1 aromatic heterocycles. The van der Waals surface area contributed by atoms with Crippen LogP contribution in [0, 0.1) is 5.92 Å². The molecule has 1 aliphatic carbocycles. The number of fused-ring (bicyclic) bond motifs is 3. The maximum atomic E-state index is 13.7. The van der Waals surface area contributed by atoms with Gasteiger partial charge in [0, 0.05) is 24.9 Å². The number of amides is 2. The molecule has 0 aliphatic heterocycles. The summed E-state index contributed by atoms with van der Waals surface area (Å²) in [4.78, 5) is 39.3. The van der Waals surface area contributed by atoms with E-state index in [-0.39, 0.29) is 34.9 Å². The smallest absolute Gasteiger partial charge is 0.242 e. The van der Waals surface area contributed by atoms with E-state index < -0.39 is 12.1 Å². The Bertz CT molecular complexity index is 1520. The molecule has 10 heteroatoms. The lowest BCUT2D eigenvalue weighted by atomic mass is 9.95. The molecule has 3 aromatic rings. The molecule has 0 spiro atoms. The number of carbonyl (C=O) groups is 2. The number of methoxy groups -OCH3 is 3. The summed E-state index contributed by atoms with van der Waals surface area (Å²) in [5.41, 5.74) is 3.02. The van der Waals surface area contributed by atoms with Gasteiger partial charge in [-0.2, -0.15) is 0 Å². The Morgan fingerprint density at radius 3 is 2.37 bits per heavy atom.